The van der Waals surface area contributed by atoms with Crippen molar-refractivity contribution in [1.82, 2.24) is 0 Å². The lowest BCUT2D eigenvalue weighted by Gasteiger charge is -2.19. The fourth-order valence-electron chi connectivity index (χ4n) is 2.22. The van der Waals surface area contributed by atoms with Crippen molar-refractivity contribution in [3.8, 4) is 17.2 Å². The van der Waals surface area contributed by atoms with Crippen molar-refractivity contribution in [3.63, 3.8) is 0 Å². The molecule has 0 aliphatic carbocycles. The Labute approximate surface area is 156 Å². The van der Waals surface area contributed by atoms with Gasteiger partial charge in [0.1, 0.15) is 16.2 Å². The molecule has 1 aromatic carbocycles. The van der Waals surface area contributed by atoms with E-state index in [1.807, 2.05) is 0 Å². The number of hydrogen-bond donors (Lipinski definition) is 1. The van der Waals surface area contributed by atoms with Gasteiger partial charge in [0.25, 0.3) is 0 Å². The van der Waals surface area contributed by atoms with Gasteiger partial charge in [0.15, 0.2) is 0 Å². The fourth-order valence-corrected chi connectivity index (χ4v) is 3.16. The standard InChI is InChI=1S/C19H20N2O4S/c1-5-24-17(22)15-14(13-8-6-7-12(9-13)10-20)11-26-16(15)21-18(23)25-19(2,3)4/h6-9,11H,5H2,1-4H3,(H,21,23). The van der Waals surface area contributed by atoms with Gasteiger partial charge in [-0.05, 0) is 45.4 Å². The highest BCUT2D eigenvalue weighted by Gasteiger charge is 2.24. The van der Waals surface area contributed by atoms with E-state index in [4.69, 9.17) is 14.7 Å². The number of benzene rings is 1. The molecule has 0 atom stereocenters. The van der Waals surface area contributed by atoms with Gasteiger partial charge in [-0.1, -0.05) is 12.1 Å². The number of nitrogens with zero attached hydrogens (tertiary/aromatic N) is 1. The van der Waals surface area contributed by atoms with Gasteiger partial charge in [0.05, 0.1) is 18.2 Å². The van der Waals surface area contributed by atoms with Crippen LogP contribution in [0.5, 0.6) is 0 Å². The lowest BCUT2D eigenvalue weighted by molar-refractivity contribution is 0.0529. The molecule has 1 heterocycles. The smallest absolute Gasteiger partial charge is 0.412 e. The Morgan fingerprint density at radius 3 is 2.65 bits per heavy atom. The zero-order chi connectivity index (χ0) is 19.3. The highest BCUT2D eigenvalue weighted by molar-refractivity contribution is 7.15. The fraction of sp³-hybridized carbons (Fsp3) is 0.316. The van der Waals surface area contributed by atoms with E-state index in [1.165, 1.54) is 11.3 Å². The molecule has 0 saturated carbocycles. The molecule has 0 spiro atoms. The van der Waals surface area contributed by atoms with E-state index >= 15 is 0 Å². The normalized spacial score (nSPS) is 10.7. The molecular formula is C19H20N2O4S. The molecule has 0 aliphatic rings. The highest BCUT2D eigenvalue weighted by Crippen LogP contribution is 2.36. The summed E-state index contributed by atoms with van der Waals surface area (Å²) in [7, 11) is 0. The van der Waals surface area contributed by atoms with Crippen LogP contribution < -0.4 is 5.32 Å². The number of esters is 1. The van der Waals surface area contributed by atoms with Crippen LogP contribution in [0.3, 0.4) is 0 Å². The quantitative estimate of drug-likeness (QED) is 0.778. The van der Waals surface area contributed by atoms with Gasteiger partial charge in [-0.25, -0.2) is 9.59 Å². The third-order valence-electron chi connectivity index (χ3n) is 3.19. The SMILES string of the molecule is CCOC(=O)c1c(-c2cccc(C#N)c2)csc1NC(=O)OC(C)(C)C. The van der Waals surface area contributed by atoms with E-state index in [-0.39, 0.29) is 12.2 Å². The molecular weight excluding hydrogens is 352 g/mol. The van der Waals surface area contributed by atoms with Crippen molar-refractivity contribution < 1.29 is 19.1 Å². The molecule has 0 fully saturated rings. The molecule has 0 aliphatic heterocycles. The van der Waals surface area contributed by atoms with Crippen LogP contribution in [0.25, 0.3) is 11.1 Å². The molecule has 26 heavy (non-hydrogen) atoms. The Morgan fingerprint density at radius 2 is 2.04 bits per heavy atom. The maximum absolute atomic E-state index is 12.5. The van der Waals surface area contributed by atoms with E-state index < -0.39 is 17.7 Å². The van der Waals surface area contributed by atoms with E-state index in [0.29, 0.717) is 21.7 Å². The number of carbonyl (C=O) groups is 2. The largest absolute Gasteiger partial charge is 0.462 e. The van der Waals surface area contributed by atoms with Crippen LogP contribution in [0.15, 0.2) is 29.6 Å². The second-order valence-electron chi connectivity index (χ2n) is 6.39. The van der Waals surface area contributed by atoms with Crippen LogP contribution in [0, 0.1) is 11.3 Å². The third kappa shape index (κ3) is 4.83. The van der Waals surface area contributed by atoms with E-state index in [1.54, 1.807) is 57.3 Å². The van der Waals surface area contributed by atoms with Gasteiger partial charge >= 0.3 is 12.1 Å². The minimum atomic E-state index is -0.657. The van der Waals surface area contributed by atoms with Gasteiger partial charge in [-0.15, -0.1) is 11.3 Å². The van der Waals surface area contributed by atoms with Gasteiger partial charge in [-0.3, -0.25) is 5.32 Å². The van der Waals surface area contributed by atoms with E-state index in [2.05, 4.69) is 11.4 Å². The van der Waals surface area contributed by atoms with Crippen molar-refractivity contribution >= 4 is 28.4 Å². The molecule has 0 radical (unpaired) electrons. The monoisotopic (exact) mass is 372 g/mol. The van der Waals surface area contributed by atoms with Crippen molar-refractivity contribution in [2.75, 3.05) is 11.9 Å². The summed E-state index contributed by atoms with van der Waals surface area (Å²) in [5.74, 6) is -0.544. The van der Waals surface area contributed by atoms with Crippen molar-refractivity contribution in [2.24, 2.45) is 0 Å². The maximum Gasteiger partial charge on any atom is 0.412 e. The molecule has 2 rings (SSSR count). The van der Waals surface area contributed by atoms with Crippen molar-refractivity contribution in [2.45, 2.75) is 33.3 Å². The summed E-state index contributed by atoms with van der Waals surface area (Å²) in [6.45, 7) is 7.18. The number of hydrogen-bond acceptors (Lipinski definition) is 6. The molecule has 1 N–H and O–H groups in total. The van der Waals surface area contributed by atoms with Crippen LogP contribution in [0.2, 0.25) is 0 Å². The number of thiophene rings is 1. The first kappa shape index (κ1) is 19.5. The Balaban J connectivity index is 2.44. The van der Waals surface area contributed by atoms with E-state index in [0.717, 1.165) is 0 Å². The van der Waals surface area contributed by atoms with Crippen LogP contribution in [0.1, 0.15) is 43.6 Å². The summed E-state index contributed by atoms with van der Waals surface area (Å²) in [4.78, 5) is 24.6. The molecule has 0 bridgehead atoms. The van der Waals surface area contributed by atoms with Crippen LogP contribution in [0.4, 0.5) is 9.80 Å². The second kappa shape index (κ2) is 8.02. The Bertz CT molecular complexity index is 859. The Hall–Kier alpha value is -2.85. The average molecular weight is 372 g/mol. The zero-order valence-corrected chi connectivity index (χ0v) is 15.9. The average Bonchev–Trinajstić information content (AvgIpc) is 2.96. The number of nitriles is 1. The van der Waals surface area contributed by atoms with Gasteiger partial charge < -0.3 is 9.47 Å². The van der Waals surface area contributed by atoms with E-state index in [9.17, 15) is 9.59 Å². The van der Waals surface area contributed by atoms with Gasteiger partial charge in [-0.2, -0.15) is 5.26 Å². The lowest BCUT2D eigenvalue weighted by atomic mass is 10.0. The number of rotatable bonds is 4. The predicted octanol–water partition coefficient (Wildman–Crippen LogP) is 4.81. The molecule has 6 nitrogen and oxygen atoms in total. The molecule has 1 aromatic heterocycles. The summed E-state index contributed by atoms with van der Waals surface area (Å²) in [6, 6.07) is 8.97. The zero-order valence-electron chi connectivity index (χ0n) is 15.1. The third-order valence-corrected chi connectivity index (χ3v) is 4.08. The molecule has 0 saturated heterocycles. The number of ether oxygens (including phenoxy) is 2. The number of carbonyl (C=O) groups excluding carboxylic acids is 2. The molecule has 2 aromatic rings. The first-order valence-electron chi connectivity index (χ1n) is 8.04. The molecule has 7 heteroatoms. The minimum Gasteiger partial charge on any atom is -0.462 e. The Morgan fingerprint density at radius 1 is 1.31 bits per heavy atom. The molecule has 0 unspecified atom stereocenters. The maximum atomic E-state index is 12.5. The highest BCUT2D eigenvalue weighted by atomic mass is 32.1. The number of amides is 1. The summed E-state index contributed by atoms with van der Waals surface area (Å²) in [6.07, 6.45) is -0.651. The summed E-state index contributed by atoms with van der Waals surface area (Å²) in [5, 5.41) is 13.8. The Kier molecular flexibility index (Phi) is 6.01. The summed E-state index contributed by atoms with van der Waals surface area (Å²) in [5.41, 5.74) is 1.36. The van der Waals surface area contributed by atoms with Crippen molar-refractivity contribution in [3.05, 3.63) is 40.8 Å². The number of nitrogens with one attached hydrogen (secondary N) is 1. The van der Waals surface area contributed by atoms with Crippen LogP contribution in [-0.4, -0.2) is 24.3 Å². The predicted molar refractivity (Wildman–Crippen MR) is 100 cm³/mol. The minimum absolute atomic E-state index is 0.207. The molecule has 1 amide bonds. The first-order valence-corrected chi connectivity index (χ1v) is 8.92. The number of anilines is 1. The lowest BCUT2D eigenvalue weighted by Crippen LogP contribution is -2.27. The summed E-state index contributed by atoms with van der Waals surface area (Å²) < 4.78 is 10.4. The molecule has 136 valence electrons. The van der Waals surface area contributed by atoms with Crippen LogP contribution >= 0.6 is 11.3 Å². The van der Waals surface area contributed by atoms with Gasteiger partial charge in [0, 0.05) is 10.9 Å². The van der Waals surface area contributed by atoms with Crippen molar-refractivity contribution in [1.29, 1.82) is 5.26 Å². The van der Waals surface area contributed by atoms with Crippen LogP contribution in [-0.2, 0) is 9.47 Å². The summed E-state index contributed by atoms with van der Waals surface area (Å²) >= 11 is 1.20. The topological polar surface area (TPSA) is 88.4 Å². The van der Waals surface area contributed by atoms with Gasteiger partial charge in [0.2, 0.25) is 0 Å². The second-order valence-corrected chi connectivity index (χ2v) is 7.27. The first-order chi connectivity index (χ1) is 12.2.